The maximum absolute atomic E-state index is 5.53. The molecule has 1 aliphatic rings. The second-order valence-electron chi connectivity index (χ2n) is 2.94. The van der Waals surface area contributed by atoms with Gasteiger partial charge < -0.3 is 11.1 Å². The molecule has 10 heavy (non-hydrogen) atoms. The van der Waals surface area contributed by atoms with Gasteiger partial charge in [0.05, 0.1) is 0 Å². The van der Waals surface area contributed by atoms with Gasteiger partial charge in [-0.25, -0.2) is 0 Å². The molecular weight excluding hydrogens is 171 g/mol. The van der Waals surface area contributed by atoms with E-state index in [4.69, 9.17) is 5.73 Å². The number of nitrogens with two attached hydrogens (primary N) is 1. The quantitative estimate of drug-likeness (QED) is 0.636. The topological polar surface area (TPSA) is 38.0 Å². The van der Waals surface area contributed by atoms with E-state index in [1.807, 2.05) is 0 Å². The van der Waals surface area contributed by atoms with Gasteiger partial charge in [0, 0.05) is 6.54 Å². The Balaban J connectivity index is 0. The summed E-state index contributed by atoms with van der Waals surface area (Å²) in [5, 5.41) is 3.28. The Morgan fingerprint density at radius 3 is 2.30 bits per heavy atom. The number of rotatable bonds is 1. The number of hydrogen-bond donors (Lipinski definition) is 2. The van der Waals surface area contributed by atoms with E-state index in [0.29, 0.717) is 5.41 Å². The monoisotopic (exact) mass is 186 g/mol. The first-order chi connectivity index (χ1) is 3.77. The van der Waals surface area contributed by atoms with Crippen molar-refractivity contribution in [3.63, 3.8) is 0 Å². The highest BCUT2D eigenvalue weighted by Crippen LogP contribution is 2.21. The molecule has 2 nitrogen and oxygen atoms in total. The second kappa shape index (κ2) is 5.19. The highest BCUT2D eigenvalue weighted by Gasteiger charge is 2.25. The van der Waals surface area contributed by atoms with Crippen LogP contribution in [0.3, 0.4) is 0 Å². The van der Waals surface area contributed by atoms with Crippen molar-refractivity contribution in [2.45, 2.75) is 13.3 Å². The Morgan fingerprint density at radius 2 is 2.10 bits per heavy atom. The van der Waals surface area contributed by atoms with E-state index in [2.05, 4.69) is 12.2 Å². The Labute approximate surface area is 74.8 Å². The van der Waals surface area contributed by atoms with E-state index in [1.54, 1.807) is 0 Å². The van der Waals surface area contributed by atoms with E-state index in [1.165, 1.54) is 6.42 Å². The van der Waals surface area contributed by atoms with Crippen molar-refractivity contribution in [2.24, 2.45) is 11.1 Å². The fraction of sp³-hybridized carbons (Fsp3) is 1.00. The zero-order valence-corrected chi connectivity index (χ0v) is 7.86. The molecule has 1 heterocycles. The van der Waals surface area contributed by atoms with E-state index in [9.17, 15) is 0 Å². The van der Waals surface area contributed by atoms with Gasteiger partial charge in [-0.15, -0.1) is 24.8 Å². The van der Waals surface area contributed by atoms with Gasteiger partial charge in [0.2, 0.25) is 0 Å². The molecule has 0 aromatic rings. The average Bonchev–Trinajstić information content (AvgIpc) is 2.17. The first-order valence-corrected chi connectivity index (χ1v) is 3.18. The van der Waals surface area contributed by atoms with Crippen molar-refractivity contribution >= 4 is 24.8 Å². The molecule has 0 aromatic carbocycles. The lowest BCUT2D eigenvalue weighted by Gasteiger charge is -2.18. The minimum absolute atomic E-state index is 0. The third-order valence-electron chi connectivity index (χ3n) is 1.95. The molecule has 1 rings (SSSR count). The summed E-state index contributed by atoms with van der Waals surface area (Å²) in [6.07, 6.45) is 1.24. The summed E-state index contributed by atoms with van der Waals surface area (Å²) in [6.45, 7) is 5.30. The van der Waals surface area contributed by atoms with Crippen molar-refractivity contribution in [2.75, 3.05) is 19.6 Å². The van der Waals surface area contributed by atoms with Crippen LogP contribution in [0.25, 0.3) is 0 Å². The highest BCUT2D eigenvalue weighted by molar-refractivity contribution is 5.85. The molecular formula is C6H16Cl2N2. The van der Waals surface area contributed by atoms with Gasteiger partial charge in [-0.1, -0.05) is 6.92 Å². The SMILES string of the molecule is CC1(CN)CCNC1.Cl.Cl. The van der Waals surface area contributed by atoms with Gasteiger partial charge in [-0.05, 0) is 24.9 Å². The van der Waals surface area contributed by atoms with Crippen LogP contribution >= 0.6 is 24.8 Å². The number of halogens is 2. The maximum atomic E-state index is 5.53. The Hall–Kier alpha value is 0.500. The Bertz CT molecular complexity index is 81.8. The molecule has 0 aromatic heterocycles. The highest BCUT2D eigenvalue weighted by atomic mass is 35.5. The van der Waals surface area contributed by atoms with Crippen LogP contribution in [0.15, 0.2) is 0 Å². The van der Waals surface area contributed by atoms with Crippen LogP contribution in [0.4, 0.5) is 0 Å². The van der Waals surface area contributed by atoms with Crippen LogP contribution in [-0.2, 0) is 0 Å². The molecule has 0 bridgehead atoms. The standard InChI is InChI=1S/C6H14N2.2ClH/c1-6(4-7)2-3-8-5-6;;/h8H,2-5,7H2,1H3;2*1H. The van der Waals surface area contributed by atoms with Crippen molar-refractivity contribution in [3.8, 4) is 0 Å². The largest absolute Gasteiger partial charge is 0.330 e. The lowest BCUT2D eigenvalue weighted by atomic mass is 9.90. The summed E-state index contributed by atoms with van der Waals surface area (Å²) in [5.74, 6) is 0. The minimum Gasteiger partial charge on any atom is -0.330 e. The molecule has 0 spiro atoms. The van der Waals surface area contributed by atoms with E-state index in [-0.39, 0.29) is 24.8 Å². The Kier molecular flexibility index (Phi) is 6.81. The molecule has 1 atom stereocenters. The van der Waals surface area contributed by atoms with E-state index < -0.39 is 0 Å². The van der Waals surface area contributed by atoms with Crippen LogP contribution in [-0.4, -0.2) is 19.6 Å². The predicted octanol–water partition coefficient (Wildman–Crippen LogP) is 0.788. The predicted molar refractivity (Wildman–Crippen MR) is 49.1 cm³/mol. The first kappa shape index (κ1) is 13.1. The average molecular weight is 187 g/mol. The summed E-state index contributed by atoms with van der Waals surface area (Å²) in [5.41, 5.74) is 5.93. The lowest BCUT2D eigenvalue weighted by molar-refractivity contribution is 0.379. The van der Waals surface area contributed by atoms with Gasteiger partial charge in [0.1, 0.15) is 0 Å². The van der Waals surface area contributed by atoms with Crippen molar-refractivity contribution < 1.29 is 0 Å². The molecule has 0 aliphatic carbocycles. The normalized spacial score (nSPS) is 30.6. The fourth-order valence-corrected chi connectivity index (χ4v) is 1.04. The first-order valence-electron chi connectivity index (χ1n) is 3.18. The second-order valence-corrected chi connectivity index (χ2v) is 2.94. The van der Waals surface area contributed by atoms with Crippen LogP contribution < -0.4 is 11.1 Å². The zero-order valence-electron chi connectivity index (χ0n) is 6.22. The minimum atomic E-state index is 0. The summed E-state index contributed by atoms with van der Waals surface area (Å²) < 4.78 is 0. The van der Waals surface area contributed by atoms with Crippen LogP contribution in [0.1, 0.15) is 13.3 Å². The summed E-state index contributed by atoms with van der Waals surface area (Å²) >= 11 is 0. The van der Waals surface area contributed by atoms with E-state index >= 15 is 0 Å². The fourth-order valence-electron chi connectivity index (χ4n) is 1.04. The molecule has 0 amide bonds. The molecule has 1 unspecified atom stereocenters. The van der Waals surface area contributed by atoms with Crippen LogP contribution in [0.2, 0.25) is 0 Å². The van der Waals surface area contributed by atoms with Gasteiger partial charge in [-0.3, -0.25) is 0 Å². The van der Waals surface area contributed by atoms with E-state index in [0.717, 1.165) is 19.6 Å². The third kappa shape index (κ3) is 3.06. The molecule has 3 N–H and O–H groups in total. The van der Waals surface area contributed by atoms with Gasteiger partial charge in [0.25, 0.3) is 0 Å². The van der Waals surface area contributed by atoms with Gasteiger partial charge >= 0.3 is 0 Å². The summed E-state index contributed by atoms with van der Waals surface area (Å²) in [4.78, 5) is 0. The van der Waals surface area contributed by atoms with Crippen molar-refractivity contribution in [1.82, 2.24) is 5.32 Å². The molecule has 64 valence electrons. The molecule has 0 radical (unpaired) electrons. The number of hydrogen-bond acceptors (Lipinski definition) is 2. The molecule has 0 saturated carbocycles. The third-order valence-corrected chi connectivity index (χ3v) is 1.95. The van der Waals surface area contributed by atoms with Crippen molar-refractivity contribution in [3.05, 3.63) is 0 Å². The summed E-state index contributed by atoms with van der Waals surface area (Å²) in [6, 6.07) is 0. The molecule has 4 heteroatoms. The smallest absolute Gasteiger partial charge is 0.00177 e. The zero-order chi connectivity index (χ0) is 6.04. The Morgan fingerprint density at radius 1 is 1.50 bits per heavy atom. The molecule has 1 saturated heterocycles. The van der Waals surface area contributed by atoms with Gasteiger partial charge in [0.15, 0.2) is 0 Å². The lowest BCUT2D eigenvalue weighted by Crippen LogP contribution is -2.29. The maximum Gasteiger partial charge on any atom is 0.00177 e. The number of nitrogens with one attached hydrogen (secondary N) is 1. The van der Waals surface area contributed by atoms with Crippen LogP contribution in [0, 0.1) is 5.41 Å². The van der Waals surface area contributed by atoms with Gasteiger partial charge in [-0.2, -0.15) is 0 Å². The molecule has 1 fully saturated rings. The van der Waals surface area contributed by atoms with Crippen molar-refractivity contribution in [1.29, 1.82) is 0 Å². The van der Waals surface area contributed by atoms with Crippen LogP contribution in [0.5, 0.6) is 0 Å². The molecule has 1 aliphatic heterocycles. The summed E-state index contributed by atoms with van der Waals surface area (Å²) in [7, 11) is 0.